The van der Waals surface area contributed by atoms with E-state index in [1.807, 2.05) is 6.92 Å². The van der Waals surface area contributed by atoms with Crippen molar-refractivity contribution >= 4 is 5.69 Å². The average Bonchev–Trinajstić information content (AvgIpc) is 2.29. The molecule has 2 rings (SSSR count). The van der Waals surface area contributed by atoms with E-state index in [1.165, 1.54) is 6.07 Å². The number of halogens is 1. The number of anilines is 1. The molecule has 1 aromatic heterocycles. The Morgan fingerprint density at radius 1 is 1.29 bits per heavy atom. The van der Waals surface area contributed by atoms with E-state index in [2.05, 4.69) is 4.98 Å². The van der Waals surface area contributed by atoms with Crippen LogP contribution in [0.5, 0.6) is 5.75 Å². The lowest BCUT2D eigenvalue weighted by atomic mass is 10.1. The molecule has 0 spiro atoms. The van der Waals surface area contributed by atoms with Crippen LogP contribution in [-0.4, -0.2) is 11.6 Å². The molecular formula is C13H13FN2O. The Kier molecular flexibility index (Phi) is 3.23. The maximum absolute atomic E-state index is 13.7. The molecule has 3 nitrogen and oxygen atoms in total. The second kappa shape index (κ2) is 4.82. The van der Waals surface area contributed by atoms with E-state index in [9.17, 15) is 4.39 Å². The number of hydrogen-bond donors (Lipinski definition) is 1. The van der Waals surface area contributed by atoms with Crippen molar-refractivity contribution in [3.05, 3.63) is 42.5 Å². The number of pyridine rings is 1. The zero-order valence-corrected chi connectivity index (χ0v) is 9.48. The molecule has 1 heterocycles. The van der Waals surface area contributed by atoms with Gasteiger partial charge in [-0.15, -0.1) is 0 Å². The van der Waals surface area contributed by atoms with Gasteiger partial charge in [-0.2, -0.15) is 0 Å². The molecule has 88 valence electrons. The number of hydrogen-bond acceptors (Lipinski definition) is 3. The number of rotatable bonds is 3. The van der Waals surface area contributed by atoms with Crippen LogP contribution in [0.1, 0.15) is 6.92 Å². The smallest absolute Gasteiger partial charge is 0.138 e. The molecule has 0 saturated carbocycles. The molecule has 0 fully saturated rings. The van der Waals surface area contributed by atoms with Crippen LogP contribution in [0.15, 0.2) is 36.7 Å². The fourth-order valence-corrected chi connectivity index (χ4v) is 1.58. The van der Waals surface area contributed by atoms with Crippen molar-refractivity contribution in [2.75, 3.05) is 12.3 Å². The Labute approximate surface area is 99.1 Å². The third-order valence-electron chi connectivity index (χ3n) is 2.33. The van der Waals surface area contributed by atoms with E-state index in [4.69, 9.17) is 10.5 Å². The molecule has 4 heteroatoms. The van der Waals surface area contributed by atoms with Crippen molar-refractivity contribution in [1.82, 2.24) is 4.98 Å². The molecule has 17 heavy (non-hydrogen) atoms. The first kappa shape index (κ1) is 11.4. The molecule has 0 aliphatic rings. The van der Waals surface area contributed by atoms with Crippen LogP contribution in [0.2, 0.25) is 0 Å². The fourth-order valence-electron chi connectivity index (χ4n) is 1.58. The van der Waals surface area contributed by atoms with E-state index in [-0.39, 0.29) is 5.82 Å². The average molecular weight is 232 g/mol. The van der Waals surface area contributed by atoms with Crippen molar-refractivity contribution in [1.29, 1.82) is 0 Å². The molecule has 0 unspecified atom stereocenters. The lowest BCUT2D eigenvalue weighted by Crippen LogP contribution is -1.94. The van der Waals surface area contributed by atoms with Gasteiger partial charge in [-0.1, -0.05) is 0 Å². The molecule has 0 bridgehead atoms. The number of benzene rings is 1. The molecule has 2 N–H and O–H groups in total. The molecule has 1 aromatic carbocycles. The van der Waals surface area contributed by atoms with Gasteiger partial charge in [0.15, 0.2) is 0 Å². The van der Waals surface area contributed by atoms with Crippen molar-refractivity contribution in [2.24, 2.45) is 0 Å². The summed E-state index contributed by atoms with van der Waals surface area (Å²) in [4.78, 5) is 4.02. The van der Waals surface area contributed by atoms with Crippen LogP contribution in [0.4, 0.5) is 10.1 Å². The van der Waals surface area contributed by atoms with Gasteiger partial charge in [0, 0.05) is 23.0 Å². The van der Waals surface area contributed by atoms with Gasteiger partial charge in [-0.3, -0.25) is 4.98 Å². The molecule has 2 aromatic rings. The van der Waals surface area contributed by atoms with E-state index in [1.54, 1.807) is 30.6 Å². The number of nitrogens with two attached hydrogens (primary N) is 1. The summed E-state index contributed by atoms with van der Waals surface area (Å²) in [6.07, 6.45) is 3.19. The molecule has 0 atom stereocenters. The SMILES string of the molecule is CCOc1cncc(-c2ccc(N)cc2F)c1. The maximum Gasteiger partial charge on any atom is 0.138 e. The van der Waals surface area contributed by atoms with Crippen LogP contribution >= 0.6 is 0 Å². The summed E-state index contributed by atoms with van der Waals surface area (Å²) in [6, 6.07) is 6.34. The topological polar surface area (TPSA) is 48.1 Å². The number of nitrogen functional groups attached to an aromatic ring is 1. The Hall–Kier alpha value is -2.10. The zero-order chi connectivity index (χ0) is 12.3. The van der Waals surface area contributed by atoms with E-state index < -0.39 is 0 Å². The largest absolute Gasteiger partial charge is 0.492 e. The van der Waals surface area contributed by atoms with Crippen LogP contribution < -0.4 is 10.5 Å². The first-order valence-electron chi connectivity index (χ1n) is 5.34. The summed E-state index contributed by atoms with van der Waals surface area (Å²) < 4.78 is 19.0. The molecular weight excluding hydrogens is 219 g/mol. The van der Waals surface area contributed by atoms with Gasteiger partial charge in [0.1, 0.15) is 11.6 Å². The van der Waals surface area contributed by atoms with E-state index in [0.717, 1.165) is 0 Å². The second-order valence-corrected chi connectivity index (χ2v) is 3.58. The fraction of sp³-hybridized carbons (Fsp3) is 0.154. The number of aromatic nitrogens is 1. The molecule has 0 aliphatic carbocycles. The van der Waals surface area contributed by atoms with Gasteiger partial charge >= 0.3 is 0 Å². The Bertz CT molecular complexity index is 529. The molecule has 0 amide bonds. The predicted octanol–water partition coefficient (Wildman–Crippen LogP) is 2.87. The second-order valence-electron chi connectivity index (χ2n) is 3.58. The first-order valence-corrected chi connectivity index (χ1v) is 5.34. The summed E-state index contributed by atoms with van der Waals surface area (Å²) in [5.41, 5.74) is 7.05. The predicted molar refractivity (Wildman–Crippen MR) is 65.2 cm³/mol. The minimum atomic E-state index is -0.361. The monoisotopic (exact) mass is 232 g/mol. The van der Waals surface area contributed by atoms with Gasteiger partial charge in [-0.05, 0) is 31.2 Å². The first-order chi connectivity index (χ1) is 8.20. The lowest BCUT2D eigenvalue weighted by Gasteiger charge is -2.07. The van der Waals surface area contributed by atoms with Crippen molar-refractivity contribution in [3.8, 4) is 16.9 Å². The van der Waals surface area contributed by atoms with E-state index in [0.29, 0.717) is 29.2 Å². The highest BCUT2D eigenvalue weighted by Crippen LogP contribution is 2.26. The third-order valence-corrected chi connectivity index (χ3v) is 2.33. The Morgan fingerprint density at radius 2 is 2.12 bits per heavy atom. The van der Waals surface area contributed by atoms with Crippen molar-refractivity contribution in [3.63, 3.8) is 0 Å². The van der Waals surface area contributed by atoms with Gasteiger partial charge in [0.25, 0.3) is 0 Å². The Balaban J connectivity index is 2.42. The van der Waals surface area contributed by atoms with Crippen LogP contribution in [0.25, 0.3) is 11.1 Å². The van der Waals surface area contributed by atoms with Crippen LogP contribution in [0, 0.1) is 5.82 Å². The minimum absolute atomic E-state index is 0.361. The summed E-state index contributed by atoms with van der Waals surface area (Å²) in [7, 11) is 0. The Morgan fingerprint density at radius 3 is 2.82 bits per heavy atom. The van der Waals surface area contributed by atoms with Gasteiger partial charge in [0.2, 0.25) is 0 Å². The summed E-state index contributed by atoms with van der Waals surface area (Å²) in [5.74, 6) is 0.265. The van der Waals surface area contributed by atoms with Crippen molar-refractivity contribution in [2.45, 2.75) is 6.92 Å². The van der Waals surface area contributed by atoms with Gasteiger partial charge < -0.3 is 10.5 Å². The highest BCUT2D eigenvalue weighted by molar-refractivity contribution is 5.66. The van der Waals surface area contributed by atoms with Gasteiger partial charge in [0.05, 0.1) is 12.8 Å². The van der Waals surface area contributed by atoms with Gasteiger partial charge in [-0.25, -0.2) is 4.39 Å². The van der Waals surface area contributed by atoms with E-state index >= 15 is 0 Å². The standard InChI is InChI=1S/C13H13FN2O/c1-2-17-11-5-9(7-16-8-11)12-4-3-10(15)6-13(12)14/h3-8H,2,15H2,1H3. The summed E-state index contributed by atoms with van der Waals surface area (Å²) >= 11 is 0. The minimum Gasteiger partial charge on any atom is -0.492 e. The lowest BCUT2D eigenvalue weighted by molar-refractivity contribution is 0.339. The zero-order valence-electron chi connectivity index (χ0n) is 9.48. The quantitative estimate of drug-likeness (QED) is 0.828. The highest BCUT2D eigenvalue weighted by atomic mass is 19.1. The summed E-state index contributed by atoms with van der Waals surface area (Å²) in [5, 5.41) is 0. The summed E-state index contributed by atoms with van der Waals surface area (Å²) in [6.45, 7) is 2.44. The maximum atomic E-state index is 13.7. The van der Waals surface area contributed by atoms with Crippen LogP contribution in [-0.2, 0) is 0 Å². The molecule has 0 aliphatic heterocycles. The van der Waals surface area contributed by atoms with Crippen molar-refractivity contribution < 1.29 is 9.13 Å². The van der Waals surface area contributed by atoms with Crippen LogP contribution in [0.3, 0.4) is 0 Å². The molecule has 0 saturated heterocycles. The normalized spacial score (nSPS) is 10.2. The number of nitrogens with zero attached hydrogens (tertiary/aromatic N) is 1. The molecule has 0 radical (unpaired) electrons. The highest BCUT2D eigenvalue weighted by Gasteiger charge is 2.06. The third kappa shape index (κ3) is 2.53. The number of ether oxygens (including phenoxy) is 1.